The molecule has 0 saturated heterocycles. The fraction of sp³-hybridized carbons (Fsp3) is 0.250. The molecule has 2 aromatic heterocycles. The van der Waals surface area contributed by atoms with E-state index in [0.29, 0.717) is 0 Å². The molecule has 3 heterocycles. The molecule has 5 nitrogen and oxygen atoms in total. The minimum atomic E-state index is 0.799. The van der Waals surface area contributed by atoms with Gasteiger partial charge in [0.1, 0.15) is 10.0 Å². The largest absolute Gasteiger partial charge is 0.286 e. The maximum absolute atomic E-state index is 4.74. The van der Waals surface area contributed by atoms with Crippen molar-refractivity contribution < 1.29 is 0 Å². The Hall–Kier alpha value is -2.18. The molecule has 1 aromatic carbocycles. The number of benzene rings is 1. The van der Waals surface area contributed by atoms with Gasteiger partial charge in [0.15, 0.2) is 5.82 Å². The fourth-order valence-electron chi connectivity index (χ4n) is 2.65. The first-order valence-electron chi connectivity index (χ1n) is 7.19. The van der Waals surface area contributed by atoms with Crippen molar-refractivity contribution in [3.63, 3.8) is 0 Å². The maximum Gasteiger partial charge on any atom is 0.159 e. The maximum atomic E-state index is 4.74. The van der Waals surface area contributed by atoms with E-state index in [-0.39, 0.29) is 0 Å². The van der Waals surface area contributed by atoms with E-state index in [1.807, 2.05) is 43.5 Å². The number of hydrogen-bond donors (Lipinski definition) is 0. The zero-order valence-electron chi connectivity index (χ0n) is 12.2. The first-order valence-corrected chi connectivity index (χ1v) is 8.01. The predicted octanol–water partition coefficient (Wildman–Crippen LogP) is 2.82. The van der Waals surface area contributed by atoms with E-state index in [9.17, 15) is 0 Å². The highest BCUT2D eigenvalue weighted by atomic mass is 32.1. The van der Waals surface area contributed by atoms with Crippen LogP contribution in [0, 0.1) is 6.92 Å². The molecule has 0 spiro atoms. The number of rotatable bonds is 3. The van der Waals surface area contributed by atoms with Crippen LogP contribution in [0.1, 0.15) is 21.3 Å². The molecule has 1 aliphatic heterocycles. The monoisotopic (exact) mass is 309 g/mol. The fourth-order valence-corrected chi connectivity index (χ4v) is 3.40. The first kappa shape index (κ1) is 13.5. The van der Waals surface area contributed by atoms with Crippen LogP contribution in [0.15, 0.2) is 36.5 Å². The van der Waals surface area contributed by atoms with E-state index in [1.54, 1.807) is 11.3 Å². The van der Waals surface area contributed by atoms with Crippen molar-refractivity contribution in [2.75, 3.05) is 0 Å². The standard InChI is InChI=1S/C16H15N5S/c1-11-19-20-15(22-11)10-21-8-13-7-17-16(18-14(13)9-21)12-5-3-2-4-6-12/h2-7H,8-10H2,1H3. The molecule has 0 aliphatic carbocycles. The molecular formula is C16H15N5S. The molecule has 0 unspecified atom stereocenters. The van der Waals surface area contributed by atoms with Gasteiger partial charge in [0.2, 0.25) is 0 Å². The van der Waals surface area contributed by atoms with Crippen LogP contribution in [0.25, 0.3) is 11.4 Å². The van der Waals surface area contributed by atoms with Crippen molar-refractivity contribution in [2.24, 2.45) is 0 Å². The highest BCUT2D eigenvalue weighted by molar-refractivity contribution is 7.11. The summed E-state index contributed by atoms with van der Waals surface area (Å²) in [6.07, 6.45) is 1.95. The summed E-state index contributed by atoms with van der Waals surface area (Å²) in [5, 5.41) is 10.3. The van der Waals surface area contributed by atoms with E-state index in [1.165, 1.54) is 5.56 Å². The Bertz CT molecular complexity index is 799. The summed E-state index contributed by atoms with van der Waals surface area (Å²) in [5.74, 6) is 0.799. The zero-order valence-corrected chi connectivity index (χ0v) is 13.0. The third kappa shape index (κ3) is 2.63. The van der Waals surface area contributed by atoms with Gasteiger partial charge in [-0.25, -0.2) is 9.97 Å². The summed E-state index contributed by atoms with van der Waals surface area (Å²) in [7, 11) is 0. The molecule has 1 aliphatic rings. The third-order valence-electron chi connectivity index (χ3n) is 3.68. The van der Waals surface area contributed by atoms with Gasteiger partial charge >= 0.3 is 0 Å². The van der Waals surface area contributed by atoms with Crippen LogP contribution >= 0.6 is 11.3 Å². The van der Waals surface area contributed by atoms with Crippen LogP contribution < -0.4 is 0 Å². The Labute approximate surface area is 132 Å². The molecule has 0 bridgehead atoms. The lowest BCUT2D eigenvalue weighted by Crippen LogP contribution is -2.15. The van der Waals surface area contributed by atoms with Gasteiger partial charge in [-0.1, -0.05) is 30.3 Å². The summed E-state index contributed by atoms with van der Waals surface area (Å²) in [5.41, 5.74) is 3.39. The summed E-state index contributed by atoms with van der Waals surface area (Å²) < 4.78 is 0. The van der Waals surface area contributed by atoms with Crippen LogP contribution in [0.4, 0.5) is 0 Å². The number of aromatic nitrogens is 4. The Morgan fingerprint density at radius 3 is 2.77 bits per heavy atom. The van der Waals surface area contributed by atoms with Gasteiger partial charge in [-0.05, 0) is 6.92 Å². The van der Waals surface area contributed by atoms with E-state index in [4.69, 9.17) is 4.98 Å². The molecule has 0 fully saturated rings. The molecule has 6 heteroatoms. The highest BCUT2D eigenvalue weighted by Gasteiger charge is 2.22. The summed E-state index contributed by atoms with van der Waals surface area (Å²) in [4.78, 5) is 11.6. The Balaban J connectivity index is 1.54. The third-order valence-corrected chi connectivity index (χ3v) is 4.50. The Morgan fingerprint density at radius 2 is 2.00 bits per heavy atom. The van der Waals surface area contributed by atoms with Gasteiger partial charge in [0.05, 0.1) is 12.2 Å². The molecule has 4 rings (SSSR count). The van der Waals surface area contributed by atoms with Crippen molar-refractivity contribution in [2.45, 2.75) is 26.6 Å². The predicted molar refractivity (Wildman–Crippen MR) is 85.1 cm³/mol. The zero-order chi connectivity index (χ0) is 14.9. The normalized spacial score (nSPS) is 14.2. The van der Waals surface area contributed by atoms with Crippen LogP contribution in [0.5, 0.6) is 0 Å². The van der Waals surface area contributed by atoms with Crippen LogP contribution in [0.2, 0.25) is 0 Å². The first-order chi connectivity index (χ1) is 10.8. The van der Waals surface area contributed by atoms with Crippen LogP contribution in [-0.4, -0.2) is 25.1 Å². The van der Waals surface area contributed by atoms with Crippen molar-refractivity contribution in [3.8, 4) is 11.4 Å². The lowest BCUT2D eigenvalue weighted by Gasteiger charge is -2.10. The summed E-state index contributed by atoms with van der Waals surface area (Å²) in [6.45, 7) is 4.53. The molecule has 3 aromatic rings. The average molecular weight is 309 g/mol. The molecule has 0 amide bonds. The quantitative estimate of drug-likeness (QED) is 0.744. The molecule has 22 heavy (non-hydrogen) atoms. The van der Waals surface area contributed by atoms with E-state index in [2.05, 4.69) is 20.1 Å². The number of hydrogen-bond acceptors (Lipinski definition) is 6. The lowest BCUT2D eigenvalue weighted by molar-refractivity contribution is 0.273. The number of nitrogens with zero attached hydrogens (tertiary/aromatic N) is 5. The van der Waals surface area contributed by atoms with Gasteiger partial charge < -0.3 is 0 Å². The van der Waals surface area contributed by atoms with Crippen LogP contribution in [0.3, 0.4) is 0 Å². The minimum absolute atomic E-state index is 0.799. The number of aryl methyl sites for hydroxylation is 1. The highest BCUT2D eigenvalue weighted by Crippen LogP contribution is 2.25. The summed E-state index contributed by atoms with van der Waals surface area (Å²) >= 11 is 1.65. The molecule has 110 valence electrons. The molecular weight excluding hydrogens is 294 g/mol. The molecule has 0 atom stereocenters. The minimum Gasteiger partial charge on any atom is -0.286 e. The van der Waals surface area contributed by atoms with E-state index < -0.39 is 0 Å². The second-order valence-corrected chi connectivity index (χ2v) is 6.66. The van der Waals surface area contributed by atoms with E-state index in [0.717, 1.165) is 46.7 Å². The Morgan fingerprint density at radius 1 is 1.14 bits per heavy atom. The van der Waals surface area contributed by atoms with Crippen molar-refractivity contribution in [3.05, 3.63) is 57.8 Å². The van der Waals surface area contributed by atoms with Crippen molar-refractivity contribution >= 4 is 11.3 Å². The number of fused-ring (bicyclic) bond motifs is 1. The average Bonchev–Trinajstić information content (AvgIpc) is 3.13. The van der Waals surface area contributed by atoms with Gasteiger partial charge in [-0.3, -0.25) is 4.90 Å². The second-order valence-electron chi connectivity index (χ2n) is 5.39. The Kier molecular flexibility index (Phi) is 3.40. The van der Waals surface area contributed by atoms with Gasteiger partial charge in [0.25, 0.3) is 0 Å². The van der Waals surface area contributed by atoms with Gasteiger partial charge in [-0.15, -0.1) is 21.5 Å². The van der Waals surface area contributed by atoms with Crippen LogP contribution in [-0.2, 0) is 19.6 Å². The SMILES string of the molecule is Cc1nnc(CN2Cc3cnc(-c4ccccc4)nc3C2)s1. The van der Waals surface area contributed by atoms with Crippen molar-refractivity contribution in [1.29, 1.82) is 0 Å². The molecule has 0 N–H and O–H groups in total. The smallest absolute Gasteiger partial charge is 0.159 e. The topological polar surface area (TPSA) is 54.8 Å². The lowest BCUT2D eigenvalue weighted by atomic mass is 10.2. The van der Waals surface area contributed by atoms with Gasteiger partial charge in [0, 0.05) is 30.4 Å². The van der Waals surface area contributed by atoms with Crippen molar-refractivity contribution in [1.82, 2.24) is 25.1 Å². The second kappa shape index (κ2) is 5.55. The summed E-state index contributed by atoms with van der Waals surface area (Å²) in [6, 6.07) is 10.1. The molecule has 0 saturated carbocycles. The van der Waals surface area contributed by atoms with E-state index >= 15 is 0 Å². The molecule has 0 radical (unpaired) electrons. The van der Waals surface area contributed by atoms with Gasteiger partial charge in [-0.2, -0.15) is 0 Å².